The monoisotopic (exact) mass is 450 g/mol. The minimum Gasteiger partial charge on any atom is -0.425 e. The molecule has 0 spiro atoms. The maximum atomic E-state index is 12.7. The van der Waals surface area contributed by atoms with Gasteiger partial charge in [0.1, 0.15) is 11.3 Å². The van der Waals surface area contributed by atoms with Gasteiger partial charge in [0.25, 0.3) is 0 Å². The molecule has 0 aliphatic heterocycles. The lowest BCUT2D eigenvalue weighted by atomic mass is 9.97. The Hall–Kier alpha value is -2.92. The summed E-state index contributed by atoms with van der Waals surface area (Å²) in [5, 5.41) is 3.49. The van der Waals surface area contributed by atoms with Crippen molar-refractivity contribution >= 4 is 60.5 Å². The second-order valence-electron chi connectivity index (χ2n) is 7.95. The zero-order valence-corrected chi connectivity index (χ0v) is 17.9. The van der Waals surface area contributed by atoms with Crippen LogP contribution in [0.2, 0.25) is 0 Å². The Bertz CT molecular complexity index is 1370. The number of halogens is 1. The number of esters is 1. The third kappa shape index (κ3) is 3.25. The average Bonchev–Trinajstić information content (AvgIpc) is 2.68. The Balaban J connectivity index is 2.05. The van der Waals surface area contributed by atoms with E-state index in [1.165, 1.54) is 0 Å². The van der Waals surface area contributed by atoms with E-state index >= 15 is 0 Å². The van der Waals surface area contributed by atoms with Gasteiger partial charge in [0.05, 0.1) is 10.8 Å². The predicted molar refractivity (Wildman–Crippen MR) is 120 cm³/mol. The van der Waals surface area contributed by atoms with E-state index in [-0.39, 0.29) is 5.97 Å². The van der Waals surface area contributed by atoms with Gasteiger partial charge in [0.2, 0.25) is 0 Å². The molecule has 4 aromatic rings. The van der Waals surface area contributed by atoms with E-state index in [1.807, 2.05) is 24.3 Å². The molecule has 0 unspecified atom stereocenters. The first-order valence-electron chi connectivity index (χ1n) is 9.17. The van der Waals surface area contributed by atoms with Crippen molar-refractivity contribution in [3.63, 3.8) is 0 Å². The first-order valence-corrected chi connectivity index (χ1v) is 9.96. The van der Waals surface area contributed by atoms with Gasteiger partial charge in [-0.1, -0.05) is 40.7 Å². The molecule has 4 rings (SSSR count). The number of rotatable bonds is 2. The molecule has 0 radical (unpaired) electrons. The van der Waals surface area contributed by atoms with Crippen molar-refractivity contribution in [3.05, 3.63) is 69.5 Å². The van der Waals surface area contributed by atoms with Crippen molar-refractivity contribution < 1.29 is 13.9 Å². The summed E-state index contributed by atoms with van der Waals surface area (Å²) in [6.45, 7) is 9.15. The number of carbonyl (C=O) groups excluding carboxylic acids is 1. The van der Waals surface area contributed by atoms with Gasteiger partial charge >= 0.3 is 11.6 Å². The molecule has 5 heteroatoms. The lowest BCUT2D eigenvalue weighted by molar-refractivity contribution is -0.142. The van der Waals surface area contributed by atoms with Gasteiger partial charge in [-0.2, -0.15) is 0 Å². The third-order valence-electron chi connectivity index (χ3n) is 4.84. The quantitative estimate of drug-likeness (QED) is 0.152. The molecular formula is C24H19BrO4. The zero-order chi connectivity index (χ0) is 20.9. The summed E-state index contributed by atoms with van der Waals surface area (Å²) in [5.74, 6) is 0.0907. The molecule has 0 fully saturated rings. The maximum absolute atomic E-state index is 12.7. The van der Waals surface area contributed by atoms with Crippen LogP contribution in [0, 0.1) is 5.41 Å². The molecule has 3 aromatic carbocycles. The van der Waals surface area contributed by atoms with Crippen molar-refractivity contribution in [1.29, 1.82) is 0 Å². The van der Waals surface area contributed by atoms with Crippen molar-refractivity contribution in [1.82, 2.24) is 0 Å². The highest BCUT2D eigenvalue weighted by Crippen LogP contribution is 2.39. The van der Waals surface area contributed by atoms with Crippen LogP contribution >= 0.6 is 15.9 Å². The van der Waals surface area contributed by atoms with Crippen molar-refractivity contribution in [2.24, 2.45) is 5.41 Å². The molecule has 0 saturated heterocycles. The smallest absolute Gasteiger partial charge is 0.344 e. The molecule has 0 amide bonds. The molecule has 0 aliphatic rings. The molecule has 1 heterocycles. The number of benzene rings is 3. The van der Waals surface area contributed by atoms with Crippen LogP contribution in [0.4, 0.5) is 0 Å². The molecule has 0 saturated carbocycles. The molecule has 29 heavy (non-hydrogen) atoms. The van der Waals surface area contributed by atoms with Gasteiger partial charge < -0.3 is 9.15 Å². The van der Waals surface area contributed by atoms with E-state index in [9.17, 15) is 9.59 Å². The Morgan fingerprint density at radius 2 is 1.72 bits per heavy atom. The summed E-state index contributed by atoms with van der Waals surface area (Å²) in [6.07, 6.45) is 1.69. The molecule has 4 nitrogen and oxygen atoms in total. The van der Waals surface area contributed by atoms with Crippen LogP contribution in [-0.4, -0.2) is 5.97 Å². The summed E-state index contributed by atoms with van der Waals surface area (Å²) in [7, 11) is 0. The molecule has 0 aliphatic carbocycles. The lowest BCUT2D eigenvalue weighted by Crippen LogP contribution is -2.25. The van der Waals surface area contributed by atoms with Crippen LogP contribution in [-0.2, 0) is 4.79 Å². The molecule has 0 N–H and O–H groups in total. The molecule has 0 atom stereocenters. The summed E-state index contributed by atoms with van der Waals surface area (Å²) in [5.41, 5.74) is 0.240. The highest BCUT2D eigenvalue weighted by molar-refractivity contribution is 9.10. The van der Waals surface area contributed by atoms with Crippen LogP contribution in [0.25, 0.3) is 38.6 Å². The highest BCUT2D eigenvalue weighted by atomic mass is 79.9. The minimum absolute atomic E-state index is 0.335. The second-order valence-corrected chi connectivity index (χ2v) is 8.80. The molecule has 146 valence electrons. The van der Waals surface area contributed by atoms with E-state index in [0.717, 1.165) is 20.8 Å². The standard InChI is InChI=1S/C24H19BrO4/c1-5-13-6-7-14-15-8-9-16-19(28-23(27)24(2,3)4)11-10-18(25)20(16)21(15)29-22(26)17(14)12-13/h5-12H,1H2,2-4H3. The SMILES string of the molecule is C=Cc1ccc2c(c1)c(=O)oc1c2ccc2c(OC(=O)C(C)(C)C)ccc(Br)c21. The normalized spacial score (nSPS) is 11.9. The first-order chi connectivity index (χ1) is 13.7. The Morgan fingerprint density at radius 1 is 1.03 bits per heavy atom. The van der Waals surface area contributed by atoms with E-state index in [4.69, 9.17) is 9.15 Å². The van der Waals surface area contributed by atoms with E-state index in [2.05, 4.69) is 22.5 Å². The largest absolute Gasteiger partial charge is 0.425 e. The zero-order valence-electron chi connectivity index (χ0n) is 16.3. The van der Waals surface area contributed by atoms with Gasteiger partial charge in [0.15, 0.2) is 0 Å². The highest BCUT2D eigenvalue weighted by Gasteiger charge is 2.25. The molecular weight excluding hydrogens is 432 g/mol. The fourth-order valence-corrected chi connectivity index (χ4v) is 3.77. The van der Waals surface area contributed by atoms with Crippen molar-refractivity contribution in [2.45, 2.75) is 20.8 Å². The average molecular weight is 451 g/mol. The third-order valence-corrected chi connectivity index (χ3v) is 5.50. The second kappa shape index (κ2) is 6.85. The van der Waals surface area contributed by atoms with Crippen LogP contribution in [0.15, 0.2) is 62.7 Å². The van der Waals surface area contributed by atoms with Gasteiger partial charge in [0, 0.05) is 20.6 Å². The number of hydrogen-bond acceptors (Lipinski definition) is 4. The van der Waals surface area contributed by atoms with Crippen molar-refractivity contribution in [3.8, 4) is 5.75 Å². The minimum atomic E-state index is -0.637. The van der Waals surface area contributed by atoms with Crippen molar-refractivity contribution in [2.75, 3.05) is 0 Å². The van der Waals surface area contributed by atoms with Crippen LogP contribution in [0.5, 0.6) is 5.75 Å². The fraction of sp³-hybridized carbons (Fsp3) is 0.167. The van der Waals surface area contributed by atoms with Crippen LogP contribution in [0.1, 0.15) is 26.3 Å². The maximum Gasteiger partial charge on any atom is 0.344 e. The van der Waals surface area contributed by atoms with Gasteiger partial charge in [-0.15, -0.1) is 0 Å². The van der Waals surface area contributed by atoms with Crippen LogP contribution in [0.3, 0.4) is 0 Å². The van der Waals surface area contributed by atoms with Gasteiger partial charge in [-0.25, -0.2) is 4.79 Å². The van der Waals surface area contributed by atoms with Gasteiger partial charge in [-0.05, 0) is 62.1 Å². The Labute approximate surface area is 175 Å². The summed E-state index contributed by atoms with van der Waals surface area (Å²) in [6, 6.07) is 12.9. The summed E-state index contributed by atoms with van der Waals surface area (Å²) < 4.78 is 12.1. The van der Waals surface area contributed by atoms with E-state index in [1.54, 1.807) is 45.0 Å². The predicted octanol–water partition coefficient (Wildman–Crippen LogP) is 6.46. The lowest BCUT2D eigenvalue weighted by Gasteiger charge is -2.18. The number of ether oxygens (including phenoxy) is 1. The van der Waals surface area contributed by atoms with Crippen LogP contribution < -0.4 is 10.4 Å². The molecule has 1 aromatic heterocycles. The fourth-order valence-electron chi connectivity index (χ4n) is 3.25. The van der Waals surface area contributed by atoms with E-state index < -0.39 is 11.0 Å². The summed E-state index contributed by atoms with van der Waals surface area (Å²) in [4.78, 5) is 25.1. The van der Waals surface area contributed by atoms with Gasteiger partial charge in [-0.3, -0.25) is 4.79 Å². The first kappa shape index (κ1) is 19.4. The number of hydrogen-bond donors (Lipinski definition) is 0. The Morgan fingerprint density at radius 3 is 2.41 bits per heavy atom. The topological polar surface area (TPSA) is 56.5 Å². The summed E-state index contributed by atoms with van der Waals surface area (Å²) >= 11 is 3.55. The van der Waals surface area contributed by atoms with E-state index in [0.29, 0.717) is 27.5 Å². The number of fused-ring (bicyclic) bond motifs is 5. The molecule has 0 bridgehead atoms. The number of carbonyl (C=O) groups is 1. The Kier molecular flexibility index (Phi) is 4.58.